The molecule has 1 aromatic heterocycles. The molecule has 0 aliphatic rings. The highest BCUT2D eigenvalue weighted by Gasteiger charge is 2.44. The lowest BCUT2D eigenvalue weighted by molar-refractivity contribution is 1.18. The van der Waals surface area contributed by atoms with E-state index in [4.69, 9.17) is 0 Å². The third-order valence-corrected chi connectivity index (χ3v) is 17.3. The summed E-state index contributed by atoms with van der Waals surface area (Å²) in [5.41, 5.74) is 10.2. The summed E-state index contributed by atoms with van der Waals surface area (Å²) in [7, 11) is -3.16. The maximum absolute atomic E-state index is 3.16. The fourth-order valence-electron chi connectivity index (χ4n) is 9.77. The van der Waals surface area contributed by atoms with E-state index in [1.165, 1.54) is 42.6 Å². The number of hydrogen-bond acceptors (Lipinski definition) is 2. The molecule has 11 rings (SSSR count). The third kappa shape index (κ3) is 6.78. The summed E-state index contributed by atoms with van der Waals surface area (Å²) in [5.74, 6) is 0. The number of nitrogens with zero attached hydrogens (tertiary/aromatic N) is 3. The Labute approximate surface area is 376 Å². The maximum Gasteiger partial charge on any atom is 0.181 e. The van der Waals surface area contributed by atoms with Gasteiger partial charge < -0.3 is 14.4 Å². The lowest BCUT2D eigenvalue weighted by atomic mass is 10.1. The van der Waals surface area contributed by atoms with Crippen molar-refractivity contribution in [1.29, 1.82) is 0 Å². The monoisotopic (exact) mass is 835 g/mol. The SMILES string of the molecule is c1ccc(N(c2ccccc2)c2cccc([Si](c3ccccc3)(c3ccccc3)c3ccccc3N(c3ccccc3)c3ccc4c(c3)c3ccccc3n4-c3ccccc3)c2)cc1. The Morgan fingerprint density at radius 1 is 0.281 bits per heavy atom. The van der Waals surface area contributed by atoms with E-state index < -0.39 is 8.07 Å². The molecule has 0 N–H and O–H groups in total. The fraction of sp³-hybridized carbons (Fsp3) is 0. The number of benzene rings is 10. The van der Waals surface area contributed by atoms with E-state index in [0.29, 0.717) is 0 Å². The van der Waals surface area contributed by atoms with Crippen molar-refractivity contribution in [3.8, 4) is 5.69 Å². The van der Waals surface area contributed by atoms with Gasteiger partial charge in [0.25, 0.3) is 0 Å². The number of anilines is 6. The van der Waals surface area contributed by atoms with Crippen LogP contribution in [-0.2, 0) is 0 Å². The molecule has 304 valence electrons. The molecule has 0 amide bonds. The van der Waals surface area contributed by atoms with Gasteiger partial charge in [-0.2, -0.15) is 0 Å². The molecule has 0 saturated heterocycles. The largest absolute Gasteiger partial charge is 0.311 e. The minimum Gasteiger partial charge on any atom is -0.311 e. The Balaban J connectivity index is 1.20. The summed E-state index contributed by atoms with van der Waals surface area (Å²) in [4.78, 5) is 4.86. The number of para-hydroxylation sites is 6. The second-order valence-electron chi connectivity index (χ2n) is 16.1. The third-order valence-electron chi connectivity index (χ3n) is 12.5. The lowest BCUT2D eigenvalue weighted by Gasteiger charge is -2.39. The first kappa shape index (κ1) is 38.7. The predicted molar refractivity (Wildman–Crippen MR) is 274 cm³/mol. The molecule has 0 aliphatic carbocycles. The van der Waals surface area contributed by atoms with Crippen LogP contribution in [0.5, 0.6) is 0 Å². The zero-order chi connectivity index (χ0) is 42.7. The Bertz CT molecular complexity index is 3240. The molecule has 0 fully saturated rings. The Hall–Kier alpha value is -8.18. The summed E-state index contributed by atoms with van der Waals surface area (Å²) < 4.78 is 2.39. The van der Waals surface area contributed by atoms with E-state index in [2.05, 4.69) is 287 Å². The van der Waals surface area contributed by atoms with Crippen molar-refractivity contribution in [3.63, 3.8) is 0 Å². The molecule has 0 unspecified atom stereocenters. The summed E-state index contributed by atoms with van der Waals surface area (Å²) in [6.07, 6.45) is 0. The topological polar surface area (TPSA) is 11.4 Å². The molecule has 0 radical (unpaired) electrons. The highest BCUT2D eigenvalue weighted by atomic mass is 28.3. The Morgan fingerprint density at radius 2 is 0.719 bits per heavy atom. The summed E-state index contributed by atoms with van der Waals surface area (Å²) >= 11 is 0. The smallest absolute Gasteiger partial charge is 0.181 e. The van der Waals surface area contributed by atoms with Gasteiger partial charge in [0.15, 0.2) is 8.07 Å². The molecule has 0 spiro atoms. The standard InChI is InChI=1S/C60H45N3Si/c1-7-24-46(25-8-1)61(47-26-9-2-10-27-47)50-32-23-37-54(44-50)64(52-33-15-5-16-34-52,53-35-17-6-18-36-53)60-41-22-21-40-59(60)62(48-28-11-3-12-29-48)51-42-43-58-56(45-51)55-38-19-20-39-57(55)63(58)49-30-13-4-14-31-49/h1-45H. The van der Waals surface area contributed by atoms with Gasteiger partial charge in [-0.25, -0.2) is 0 Å². The first-order chi connectivity index (χ1) is 31.8. The number of aromatic nitrogens is 1. The first-order valence-electron chi connectivity index (χ1n) is 21.9. The number of fused-ring (bicyclic) bond motifs is 3. The summed E-state index contributed by atoms with van der Waals surface area (Å²) in [6, 6.07) is 99.8. The number of hydrogen-bond donors (Lipinski definition) is 0. The molecule has 0 saturated carbocycles. The van der Waals surface area contributed by atoms with Crippen LogP contribution >= 0.6 is 0 Å². The van der Waals surface area contributed by atoms with Crippen molar-refractivity contribution < 1.29 is 0 Å². The van der Waals surface area contributed by atoms with E-state index in [9.17, 15) is 0 Å². The first-order valence-corrected chi connectivity index (χ1v) is 23.9. The van der Waals surface area contributed by atoms with Gasteiger partial charge in [0.2, 0.25) is 0 Å². The van der Waals surface area contributed by atoms with Gasteiger partial charge in [0.05, 0.1) is 11.0 Å². The van der Waals surface area contributed by atoms with Gasteiger partial charge in [-0.3, -0.25) is 0 Å². The van der Waals surface area contributed by atoms with Crippen molar-refractivity contribution in [2.45, 2.75) is 0 Å². The molecule has 0 aliphatic heterocycles. The van der Waals surface area contributed by atoms with Crippen LogP contribution in [0.3, 0.4) is 0 Å². The van der Waals surface area contributed by atoms with E-state index >= 15 is 0 Å². The average Bonchev–Trinajstić information content (AvgIpc) is 3.71. The van der Waals surface area contributed by atoms with Crippen molar-refractivity contribution in [2.75, 3.05) is 9.80 Å². The quantitative estimate of drug-likeness (QED) is 0.0950. The zero-order valence-electron chi connectivity index (χ0n) is 35.3. The second-order valence-corrected chi connectivity index (χ2v) is 19.9. The van der Waals surface area contributed by atoms with Crippen molar-refractivity contribution in [2.24, 2.45) is 0 Å². The Morgan fingerprint density at radius 3 is 1.33 bits per heavy atom. The van der Waals surface area contributed by atoms with Crippen molar-refractivity contribution in [1.82, 2.24) is 4.57 Å². The number of rotatable bonds is 11. The van der Waals surface area contributed by atoms with E-state index in [-0.39, 0.29) is 0 Å². The van der Waals surface area contributed by atoms with E-state index in [1.54, 1.807) is 0 Å². The molecule has 64 heavy (non-hydrogen) atoms. The average molecular weight is 836 g/mol. The molecular weight excluding hydrogens is 791 g/mol. The van der Waals surface area contributed by atoms with E-state index in [0.717, 1.165) is 39.8 Å². The van der Waals surface area contributed by atoms with Gasteiger partial charge in [-0.15, -0.1) is 0 Å². The van der Waals surface area contributed by atoms with Crippen LogP contribution < -0.4 is 30.5 Å². The molecule has 4 heteroatoms. The normalized spacial score (nSPS) is 11.4. The van der Waals surface area contributed by atoms with E-state index in [1.807, 2.05) is 0 Å². The lowest BCUT2D eigenvalue weighted by Crippen LogP contribution is -2.75. The Kier molecular flexibility index (Phi) is 10.2. The summed E-state index contributed by atoms with van der Waals surface area (Å²) in [5, 5.41) is 7.64. The maximum atomic E-state index is 2.49. The van der Waals surface area contributed by atoms with Crippen LogP contribution in [0.1, 0.15) is 0 Å². The summed E-state index contributed by atoms with van der Waals surface area (Å²) in [6.45, 7) is 0. The van der Waals surface area contributed by atoms with Crippen molar-refractivity contribution >= 4 is 84.8 Å². The molecular formula is C60H45N3Si. The molecule has 3 nitrogen and oxygen atoms in total. The van der Waals surface area contributed by atoms with Crippen LogP contribution in [-0.4, -0.2) is 12.6 Å². The highest BCUT2D eigenvalue weighted by molar-refractivity contribution is 7.20. The zero-order valence-corrected chi connectivity index (χ0v) is 36.3. The fourth-order valence-corrected chi connectivity index (χ4v) is 14.7. The second kappa shape index (κ2) is 16.9. The van der Waals surface area contributed by atoms with Crippen LogP contribution in [0.25, 0.3) is 27.5 Å². The minimum absolute atomic E-state index is 1.10. The van der Waals surface area contributed by atoms with Crippen LogP contribution in [0.4, 0.5) is 34.1 Å². The van der Waals surface area contributed by atoms with Gasteiger partial charge in [0.1, 0.15) is 0 Å². The minimum atomic E-state index is -3.16. The van der Waals surface area contributed by atoms with Gasteiger partial charge in [-0.1, -0.05) is 182 Å². The molecule has 0 atom stereocenters. The van der Waals surface area contributed by atoms with Crippen LogP contribution in [0.2, 0.25) is 0 Å². The molecule has 1 heterocycles. The van der Waals surface area contributed by atoms with Crippen LogP contribution in [0.15, 0.2) is 273 Å². The molecule has 0 bridgehead atoms. The predicted octanol–water partition coefficient (Wildman–Crippen LogP) is 13.1. The molecule has 11 aromatic rings. The van der Waals surface area contributed by atoms with Crippen LogP contribution in [0, 0.1) is 0 Å². The van der Waals surface area contributed by atoms with Crippen molar-refractivity contribution in [3.05, 3.63) is 273 Å². The van der Waals surface area contributed by atoms with Gasteiger partial charge in [0, 0.05) is 50.6 Å². The van der Waals surface area contributed by atoms with Gasteiger partial charge >= 0.3 is 0 Å². The highest BCUT2D eigenvalue weighted by Crippen LogP contribution is 2.40. The van der Waals surface area contributed by atoms with Gasteiger partial charge in [-0.05, 0) is 112 Å². The molecule has 10 aromatic carbocycles.